The zero-order valence-electron chi connectivity index (χ0n) is 16.8. The number of piperidine rings is 1. The second kappa shape index (κ2) is 9.35. The predicted molar refractivity (Wildman–Crippen MR) is 103 cm³/mol. The van der Waals surface area contributed by atoms with Crippen molar-refractivity contribution in [3.63, 3.8) is 0 Å². The number of halogens is 1. The summed E-state index contributed by atoms with van der Waals surface area (Å²) in [5.41, 5.74) is 0.423. The van der Waals surface area contributed by atoms with Crippen LogP contribution in [-0.4, -0.2) is 72.6 Å². The molecule has 2 atom stereocenters. The summed E-state index contributed by atoms with van der Waals surface area (Å²) in [5, 5.41) is 0. The van der Waals surface area contributed by atoms with Crippen molar-refractivity contribution in [1.82, 2.24) is 9.80 Å². The first kappa shape index (κ1) is 21.2. The molecule has 0 aliphatic carbocycles. The molecule has 0 saturated carbocycles. The van der Waals surface area contributed by atoms with E-state index in [4.69, 9.17) is 9.47 Å². The van der Waals surface area contributed by atoms with Crippen LogP contribution in [0.15, 0.2) is 24.3 Å². The fourth-order valence-corrected chi connectivity index (χ4v) is 3.82. The van der Waals surface area contributed by atoms with Crippen molar-refractivity contribution in [2.45, 2.75) is 38.9 Å². The first-order chi connectivity index (χ1) is 13.8. The van der Waals surface area contributed by atoms with Gasteiger partial charge in [0.15, 0.2) is 6.61 Å². The second-order valence-corrected chi connectivity index (χ2v) is 7.74. The Balaban J connectivity index is 1.43. The summed E-state index contributed by atoms with van der Waals surface area (Å²) in [6, 6.07) is 5.42. The van der Waals surface area contributed by atoms with Gasteiger partial charge < -0.3 is 19.3 Å². The number of hydrogen-bond acceptors (Lipinski definition) is 5. The number of carbonyl (C=O) groups is 3. The SMILES string of the molecule is C[C@@H]1CN(C(=O)COC(=O)C2CCN(C(=O)c3ccc(F)cc3)CC2)C[C@@H](C)O1. The van der Waals surface area contributed by atoms with Gasteiger partial charge in [-0.3, -0.25) is 14.4 Å². The van der Waals surface area contributed by atoms with Gasteiger partial charge >= 0.3 is 5.97 Å². The number of rotatable bonds is 4. The van der Waals surface area contributed by atoms with Crippen molar-refractivity contribution < 1.29 is 28.2 Å². The van der Waals surface area contributed by atoms with E-state index in [1.165, 1.54) is 24.3 Å². The molecule has 2 aliphatic rings. The number of ether oxygens (including phenoxy) is 2. The quantitative estimate of drug-likeness (QED) is 0.714. The molecular formula is C21H27FN2O5. The lowest BCUT2D eigenvalue weighted by Crippen LogP contribution is -2.49. The molecule has 0 bridgehead atoms. The lowest BCUT2D eigenvalue weighted by molar-refractivity contribution is -0.160. The fourth-order valence-electron chi connectivity index (χ4n) is 3.82. The Morgan fingerprint density at radius 2 is 1.62 bits per heavy atom. The van der Waals surface area contributed by atoms with Gasteiger partial charge in [-0.25, -0.2) is 4.39 Å². The van der Waals surface area contributed by atoms with Gasteiger partial charge in [-0.2, -0.15) is 0 Å². The van der Waals surface area contributed by atoms with Crippen molar-refractivity contribution in [1.29, 1.82) is 0 Å². The standard InChI is InChI=1S/C21H27FN2O5/c1-14-11-24(12-15(2)29-14)19(25)13-28-21(27)17-7-9-23(10-8-17)20(26)16-3-5-18(22)6-4-16/h3-6,14-15,17H,7-13H2,1-2H3/t14-,15-/m1/s1. The highest BCUT2D eigenvalue weighted by molar-refractivity contribution is 5.94. The molecule has 0 unspecified atom stereocenters. The summed E-state index contributed by atoms with van der Waals surface area (Å²) in [7, 11) is 0. The third-order valence-electron chi connectivity index (χ3n) is 5.32. The van der Waals surface area contributed by atoms with E-state index in [0.717, 1.165) is 0 Å². The minimum absolute atomic E-state index is 0.0404. The van der Waals surface area contributed by atoms with Gasteiger partial charge in [0.2, 0.25) is 0 Å². The molecule has 2 heterocycles. The number of likely N-dealkylation sites (tertiary alicyclic amines) is 1. The summed E-state index contributed by atoms with van der Waals surface area (Å²) < 4.78 is 23.9. The Morgan fingerprint density at radius 3 is 2.21 bits per heavy atom. The number of morpholine rings is 1. The van der Waals surface area contributed by atoms with Gasteiger partial charge in [0.1, 0.15) is 5.82 Å². The monoisotopic (exact) mass is 406 g/mol. The molecule has 0 N–H and O–H groups in total. The zero-order valence-corrected chi connectivity index (χ0v) is 16.8. The molecule has 3 rings (SSSR count). The van der Waals surface area contributed by atoms with Crippen LogP contribution in [0.2, 0.25) is 0 Å². The van der Waals surface area contributed by atoms with Crippen molar-refractivity contribution in [2.24, 2.45) is 5.92 Å². The van der Waals surface area contributed by atoms with Crippen LogP contribution < -0.4 is 0 Å². The number of hydrogen-bond donors (Lipinski definition) is 0. The van der Waals surface area contributed by atoms with Crippen molar-refractivity contribution >= 4 is 17.8 Å². The molecule has 2 amide bonds. The zero-order chi connectivity index (χ0) is 21.0. The van der Waals surface area contributed by atoms with Crippen LogP contribution in [0.25, 0.3) is 0 Å². The lowest BCUT2D eigenvalue weighted by atomic mass is 9.96. The first-order valence-electron chi connectivity index (χ1n) is 9.98. The summed E-state index contributed by atoms with van der Waals surface area (Å²) in [6.07, 6.45) is 0.875. The molecule has 7 nitrogen and oxygen atoms in total. The Labute approximate surface area is 169 Å². The highest BCUT2D eigenvalue weighted by Gasteiger charge is 2.31. The molecule has 8 heteroatoms. The van der Waals surface area contributed by atoms with Gasteiger partial charge in [-0.15, -0.1) is 0 Å². The molecule has 1 aromatic carbocycles. The van der Waals surface area contributed by atoms with Gasteiger partial charge in [-0.05, 0) is 51.0 Å². The molecule has 0 spiro atoms. The molecule has 158 valence electrons. The Morgan fingerprint density at radius 1 is 1.03 bits per heavy atom. The topological polar surface area (TPSA) is 76.2 Å². The normalized spacial score (nSPS) is 23.0. The fraction of sp³-hybridized carbons (Fsp3) is 0.571. The number of benzene rings is 1. The number of amides is 2. The third kappa shape index (κ3) is 5.53. The summed E-state index contributed by atoms with van der Waals surface area (Å²) in [5.74, 6) is -1.52. The summed E-state index contributed by atoms with van der Waals surface area (Å²) in [6.45, 7) is 5.36. The molecular weight excluding hydrogens is 379 g/mol. The van der Waals surface area contributed by atoms with E-state index in [-0.39, 0.29) is 36.5 Å². The number of nitrogens with zero attached hydrogens (tertiary/aromatic N) is 2. The Kier molecular flexibility index (Phi) is 6.84. The van der Waals surface area contributed by atoms with Gasteiger partial charge in [0, 0.05) is 31.7 Å². The molecule has 2 fully saturated rings. The highest BCUT2D eigenvalue weighted by atomic mass is 19.1. The molecule has 2 saturated heterocycles. The molecule has 0 radical (unpaired) electrons. The van der Waals surface area contributed by atoms with E-state index < -0.39 is 11.8 Å². The van der Waals surface area contributed by atoms with E-state index in [1.54, 1.807) is 9.80 Å². The summed E-state index contributed by atoms with van der Waals surface area (Å²) in [4.78, 5) is 40.4. The van der Waals surface area contributed by atoms with Crippen molar-refractivity contribution in [2.75, 3.05) is 32.8 Å². The minimum Gasteiger partial charge on any atom is -0.455 e. The minimum atomic E-state index is -0.401. The van der Waals surface area contributed by atoms with E-state index in [2.05, 4.69) is 0 Å². The Hall–Kier alpha value is -2.48. The van der Waals surface area contributed by atoms with Crippen molar-refractivity contribution in [3.8, 4) is 0 Å². The number of esters is 1. The van der Waals surface area contributed by atoms with Crippen LogP contribution in [0.3, 0.4) is 0 Å². The first-order valence-corrected chi connectivity index (χ1v) is 9.98. The van der Waals surface area contributed by atoms with Gasteiger partial charge in [0.25, 0.3) is 11.8 Å². The van der Waals surface area contributed by atoms with E-state index >= 15 is 0 Å². The molecule has 1 aromatic rings. The molecule has 0 aromatic heterocycles. The van der Waals surface area contributed by atoms with E-state index in [1.807, 2.05) is 13.8 Å². The second-order valence-electron chi connectivity index (χ2n) is 7.74. The maximum absolute atomic E-state index is 13.0. The van der Waals surface area contributed by atoms with Crippen LogP contribution in [0.1, 0.15) is 37.0 Å². The van der Waals surface area contributed by atoms with E-state index in [9.17, 15) is 18.8 Å². The molecule has 2 aliphatic heterocycles. The van der Waals surface area contributed by atoms with Crippen LogP contribution in [0.4, 0.5) is 4.39 Å². The predicted octanol–water partition coefficient (Wildman–Crippen LogP) is 1.86. The number of carbonyl (C=O) groups excluding carboxylic acids is 3. The van der Waals surface area contributed by atoms with Crippen molar-refractivity contribution in [3.05, 3.63) is 35.6 Å². The average molecular weight is 406 g/mol. The molecule has 29 heavy (non-hydrogen) atoms. The van der Waals surface area contributed by atoms with Gasteiger partial charge in [0.05, 0.1) is 18.1 Å². The van der Waals surface area contributed by atoms with Crippen LogP contribution in [-0.2, 0) is 19.1 Å². The van der Waals surface area contributed by atoms with Crippen LogP contribution in [0.5, 0.6) is 0 Å². The van der Waals surface area contributed by atoms with Crippen LogP contribution in [0, 0.1) is 11.7 Å². The maximum Gasteiger partial charge on any atom is 0.309 e. The smallest absolute Gasteiger partial charge is 0.309 e. The maximum atomic E-state index is 13.0. The highest BCUT2D eigenvalue weighted by Crippen LogP contribution is 2.21. The van der Waals surface area contributed by atoms with Gasteiger partial charge in [-0.1, -0.05) is 0 Å². The van der Waals surface area contributed by atoms with E-state index in [0.29, 0.717) is 44.6 Å². The Bertz CT molecular complexity index is 736. The lowest BCUT2D eigenvalue weighted by Gasteiger charge is -2.35. The average Bonchev–Trinajstić information content (AvgIpc) is 2.71. The largest absolute Gasteiger partial charge is 0.455 e. The summed E-state index contributed by atoms with van der Waals surface area (Å²) >= 11 is 0. The third-order valence-corrected chi connectivity index (χ3v) is 5.32. The van der Waals surface area contributed by atoms with Crippen LogP contribution >= 0.6 is 0 Å².